The van der Waals surface area contributed by atoms with Gasteiger partial charge >= 0.3 is 5.97 Å². The molecular weight excluding hydrogens is 392 g/mol. The van der Waals surface area contributed by atoms with E-state index >= 15 is 0 Å². The first kappa shape index (κ1) is 20.7. The fourth-order valence-electron chi connectivity index (χ4n) is 2.79. The van der Waals surface area contributed by atoms with E-state index in [0.717, 1.165) is 0 Å². The number of furan rings is 1. The molecule has 0 unspecified atom stereocenters. The summed E-state index contributed by atoms with van der Waals surface area (Å²) in [4.78, 5) is 36.6. The van der Waals surface area contributed by atoms with Gasteiger partial charge in [0.2, 0.25) is 0 Å². The van der Waals surface area contributed by atoms with Gasteiger partial charge in [0.25, 0.3) is 11.5 Å². The summed E-state index contributed by atoms with van der Waals surface area (Å²) in [6.07, 6.45) is 1.62. The minimum Gasteiger partial charge on any atom is -0.493 e. The van der Waals surface area contributed by atoms with E-state index in [4.69, 9.17) is 18.6 Å². The zero-order valence-electron chi connectivity index (χ0n) is 16.6. The molecule has 9 nitrogen and oxygen atoms in total. The van der Waals surface area contributed by atoms with Crippen molar-refractivity contribution in [2.75, 3.05) is 26.6 Å². The molecule has 3 aromatic rings. The molecule has 0 saturated carbocycles. The highest BCUT2D eigenvalue weighted by atomic mass is 16.5. The number of esters is 1. The summed E-state index contributed by atoms with van der Waals surface area (Å²) >= 11 is 0. The average Bonchev–Trinajstić information content (AvgIpc) is 3.23. The molecule has 0 bridgehead atoms. The quantitative estimate of drug-likeness (QED) is 0.594. The summed E-state index contributed by atoms with van der Waals surface area (Å²) in [5.74, 6) is -0.170. The van der Waals surface area contributed by atoms with Crippen molar-refractivity contribution in [2.45, 2.75) is 6.54 Å². The Morgan fingerprint density at radius 1 is 1.03 bits per heavy atom. The van der Waals surface area contributed by atoms with Crippen molar-refractivity contribution in [2.24, 2.45) is 0 Å². The van der Waals surface area contributed by atoms with Crippen molar-refractivity contribution in [3.63, 3.8) is 0 Å². The van der Waals surface area contributed by atoms with Crippen LogP contribution in [0.25, 0.3) is 0 Å². The monoisotopic (exact) mass is 412 g/mol. The number of hydrogen-bond acceptors (Lipinski definition) is 7. The molecule has 0 aliphatic rings. The lowest BCUT2D eigenvalue weighted by atomic mass is 10.1. The van der Waals surface area contributed by atoms with Crippen molar-refractivity contribution in [1.82, 2.24) is 4.57 Å². The largest absolute Gasteiger partial charge is 0.493 e. The van der Waals surface area contributed by atoms with Gasteiger partial charge in [0.15, 0.2) is 17.3 Å². The molecule has 30 heavy (non-hydrogen) atoms. The molecule has 0 fully saturated rings. The molecule has 1 N–H and O–H groups in total. The zero-order chi connectivity index (χ0) is 21.7. The third-order valence-electron chi connectivity index (χ3n) is 4.29. The van der Waals surface area contributed by atoms with E-state index in [1.807, 2.05) is 0 Å². The van der Waals surface area contributed by atoms with Crippen LogP contribution in [-0.4, -0.2) is 37.8 Å². The van der Waals surface area contributed by atoms with E-state index in [1.54, 1.807) is 24.4 Å². The molecule has 0 aliphatic heterocycles. The molecule has 156 valence electrons. The minimum atomic E-state index is -0.658. The van der Waals surface area contributed by atoms with E-state index in [0.29, 0.717) is 17.3 Å². The van der Waals surface area contributed by atoms with Crippen LogP contribution < -0.4 is 20.3 Å². The first-order chi connectivity index (χ1) is 14.5. The Balaban J connectivity index is 1.85. The second-order valence-corrected chi connectivity index (χ2v) is 6.13. The van der Waals surface area contributed by atoms with Gasteiger partial charge in [-0.3, -0.25) is 9.59 Å². The highest BCUT2D eigenvalue weighted by molar-refractivity contribution is 6.07. The van der Waals surface area contributed by atoms with Crippen LogP contribution in [0, 0.1) is 0 Å². The van der Waals surface area contributed by atoms with E-state index < -0.39 is 11.9 Å². The second kappa shape index (κ2) is 8.99. The fourth-order valence-corrected chi connectivity index (χ4v) is 2.79. The molecular formula is C21H20N2O7. The number of benzene rings is 1. The molecule has 1 aromatic carbocycles. The predicted molar refractivity (Wildman–Crippen MR) is 107 cm³/mol. The Bertz CT molecular complexity index is 1130. The Labute approximate surface area is 171 Å². The number of rotatable bonds is 7. The number of amides is 1. The summed E-state index contributed by atoms with van der Waals surface area (Å²) in [6, 6.07) is 10.8. The molecule has 1 amide bonds. The van der Waals surface area contributed by atoms with Crippen LogP contribution >= 0.6 is 0 Å². The van der Waals surface area contributed by atoms with Crippen LogP contribution in [0.2, 0.25) is 0 Å². The lowest BCUT2D eigenvalue weighted by Gasteiger charge is -2.14. The molecule has 0 spiro atoms. The van der Waals surface area contributed by atoms with Gasteiger partial charge in [0, 0.05) is 24.4 Å². The van der Waals surface area contributed by atoms with E-state index in [9.17, 15) is 14.4 Å². The van der Waals surface area contributed by atoms with Crippen LogP contribution in [0.15, 0.2) is 57.9 Å². The summed E-state index contributed by atoms with van der Waals surface area (Å²) in [7, 11) is 4.10. The van der Waals surface area contributed by atoms with Crippen molar-refractivity contribution < 1.29 is 28.2 Å². The maximum Gasteiger partial charge on any atom is 0.340 e. The zero-order valence-corrected chi connectivity index (χ0v) is 16.6. The number of ether oxygens (including phenoxy) is 3. The first-order valence-electron chi connectivity index (χ1n) is 8.86. The van der Waals surface area contributed by atoms with Crippen molar-refractivity contribution in [1.29, 1.82) is 0 Å². The summed E-state index contributed by atoms with van der Waals surface area (Å²) < 4.78 is 22.2. The van der Waals surface area contributed by atoms with Crippen LogP contribution in [0.3, 0.4) is 0 Å². The maximum absolute atomic E-state index is 12.7. The lowest BCUT2D eigenvalue weighted by molar-refractivity contribution is 0.0601. The highest BCUT2D eigenvalue weighted by Gasteiger charge is 2.21. The standard InChI is InChI=1S/C21H20N2O7/c1-27-17-10-14(21(26)29-3)15(11-18(17)28-2)22-20(25)16-8-7-13(30-16)12-23-9-5-4-6-19(23)24/h4-11H,12H2,1-3H3,(H,22,25). The van der Waals surface area contributed by atoms with Crippen molar-refractivity contribution >= 4 is 17.6 Å². The van der Waals surface area contributed by atoms with Crippen molar-refractivity contribution in [3.8, 4) is 11.5 Å². The molecule has 9 heteroatoms. The normalized spacial score (nSPS) is 10.4. The van der Waals surface area contributed by atoms with Gasteiger partial charge < -0.3 is 28.5 Å². The van der Waals surface area contributed by atoms with Gasteiger partial charge in [-0.05, 0) is 18.2 Å². The molecule has 0 atom stereocenters. The number of pyridine rings is 1. The van der Waals surface area contributed by atoms with E-state index in [1.165, 1.54) is 50.2 Å². The molecule has 2 aromatic heterocycles. The smallest absolute Gasteiger partial charge is 0.340 e. The summed E-state index contributed by atoms with van der Waals surface area (Å²) in [5, 5.41) is 2.62. The molecule has 0 aliphatic carbocycles. The molecule has 3 rings (SSSR count). The Kier molecular flexibility index (Phi) is 6.21. The van der Waals surface area contributed by atoms with Gasteiger partial charge in [-0.25, -0.2) is 4.79 Å². The third-order valence-corrected chi connectivity index (χ3v) is 4.29. The Morgan fingerprint density at radius 2 is 1.77 bits per heavy atom. The number of hydrogen-bond donors (Lipinski definition) is 1. The average molecular weight is 412 g/mol. The number of methoxy groups -OCH3 is 3. The topological polar surface area (TPSA) is 109 Å². The number of nitrogens with one attached hydrogen (secondary N) is 1. The predicted octanol–water partition coefficient (Wildman–Crippen LogP) is 2.55. The number of anilines is 1. The van der Waals surface area contributed by atoms with Gasteiger partial charge in [0.05, 0.1) is 39.1 Å². The molecule has 0 saturated heterocycles. The van der Waals surface area contributed by atoms with Gasteiger partial charge in [0.1, 0.15) is 5.76 Å². The Hall–Kier alpha value is -4.01. The fraction of sp³-hybridized carbons (Fsp3) is 0.190. The third kappa shape index (κ3) is 4.35. The van der Waals surface area contributed by atoms with Crippen LogP contribution in [0.4, 0.5) is 5.69 Å². The van der Waals surface area contributed by atoms with E-state index in [2.05, 4.69) is 5.32 Å². The minimum absolute atomic E-state index is 0.0135. The number of nitrogens with zero attached hydrogens (tertiary/aromatic N) is 1. The van der Waals surface area contributed by atoms with Gasteiger partial charge in [-0.15, -0.1) is 0 Å². The van der Waals surface area contributed by atoms with Crippen LogP contribution in [-0.2, 0) is 11.3 Å². The SMILES string of the molecule is COC(=O)c1cc(OC)c(OC)cc1NC(=O)c1ccc(Cn2ccccc2=O)o1. The molecule has 0 radical (unpaired) electrons. The van der Waals surface area contributed by atoms with Crippen LogP contribution in [0.1, 0.15) is 26.7 Å². The number of aromatic nitrogens is 1. The number of carbonyl (C=O) groups is 2. The highest BCUT2D eigenvalue weighted by Crippen LogP contribution is 2.34. The van der Waals surface area contributed by atoms with Crippen LogP contribution in [0.5, 0.6) is 11.5 Å². The second-order valence-electron chi connectivity index (χ2n) is 6.13. The van der Waals surface area contributed by atoms with E-state index in [-0.39, 0.29) is 29.1 Å². The summed E-state index contributed by atoms with van der Waals surface area (Å²) in [6.45, 7) is 0.177. The summed E-state index contributed by atoms with van der Waals surface area (Å²) in [5.41, 5.74) is 0.0702. The lowest BCUT2D eigenvalue weighted by Crippen LogP contribution is -2.18. The maximum atomic E-state index is 12.7. The van der Waals surface area contributed by atoms with Gasteiger partial charge in [-0.2, -0.15) is 0 Å². The number of carbonyl (C=O) groups excluding carboxylic acids is 2. The van der Waals surface area contributed by atoms with Crippen molar-refractivity contribution in [3.05, 3.63) is 76.1 Å². The Morgan fingerprint density at radius 3 is 2.43 bits per heavy atom. The van der Waals surface area contributed by atoms with Gasteiger partial charge in [-0.1, -0.05) is 6.07 Å². The molecule has 2 heterocycles. The first-order valence-corrected chi connectivity index (χ1v) is 8.86.